The minimum atomic E-state index is -4.28. The maximum absolute atomic E-state index is 13.0. The van der Waals surface area contributed by atoms with E-state index in [4.69, 9.17) is 0 Å². The lowest BCUT2D eigenvalue weighted by Crippen LogP contribution is -2.42. The molecule has 1 aliphatic heterocycles. The van der Waals surface area contributed by atoms with Crippen LogP contribution in [0, 0.1) is 0 Å². The Balaban J connectivity index is 1.90. The number of piperazine rings is 1. The maximum atomic E-state index is 13.0. The highest BCUT2D eigenvalue weighted by molar-refractivity contribution is 7.19. The molecule has 2 aromatic rings. The number of benzene rings is 1. The van der Waals surface area contributed by atoms with Gasteiger partial charge in [0, 0.05) is 47.7 Å². The van der Waals surface area contributed by atoms with E-state index >= 15 is 0 Å². The molecular formula is C14H15F3N2S. The van der Waals surface area contributed by atoms with Crippen molar-refractivity contribution in [1.82, 2.24) is 10.2 Å². The van der Waals surface area contributed by atoms with Crippen molar-refractivity contribution < 1.29 is 13.2 Å². The summed E-state index contributed by atoms with van der Waals surface area (Å²) in [7, 11) is 0. The molecule has 0 spiro atoms. The summed E-state index contributed by atoms with van der Waals surface area (Å²) in [5.74, 6) is 0. The molecule has 20 heavy (non-hydrogen) atoms. The number of thiophene rings is 1. The summed E-state index contributed by atoms with van der Waals surface area (Å²) in [5.41, 5.74) is -0.530. The molecule has 1 aromatic carbocycles. The molecule has 6 heteroatoms. The number of hydrogen-bond donors (Lipinski definition) is 1. The van der Waals surface area contributed by atoms with Crippen LogP contribution < -0.4 is 5.32 Å². The zero-order chi connectivity index (χ0) is 14.2. The van der Waals surface area contributed by atoms with Gasteiger partial charge in [0.25, 0.3) is 0 Å². The first-order valence-electron chi connectivity index (χ1n) is 6.56. The van der Waals surface area contributed by atoms with Gasteiger partial charge in [-0.3, -0.25) is 4.90 Å². The fourth-order valence-corrected chi connectivity index (χ4v) is 3.66. The van der Waals surface area contributed by atoms with Gasteiger partial charge in [0.2, 0.25) is 0 Å². The van der Waals surface area contributed by atoms with Gasteiger partial charge in [0.05, 0.1) is 5.56 Å². The van der Waals surface area contributed by atoms with Crippen LogP contribution in [0.4, 0.5) is 13.2 Å². The average Bonchev–Trinajstić information content (AvgIpc) is 2.80. The van der Waals surface area contributed by atoms with E-state index in [2.05, 4.69) is 10.2 Å². The lowest BCUT2D eigenvalue weighted by Gasteiger charge is -2.26. The fourth-order valence-electron chi connectivity index (χ4n) is 2.53. The van der Waals surface area contributed by atoms with Crippen molar-refractivity contribution in [2.75, 3.05) is 26.2 Å². The Labute approximate surface area is 119 Å². The number of rotatable bonds is 2. The third kappa shape index (κ3) is 2.82. The molecule has 1 aromatic heterocycles. The summed E-state index contributed by atoms with van der Waals surface area (Å²) in [6.45, 7) is 4.51. The van der Waals surface area contributed by atoms with E-state index in [9.17, 15) is 13.2 Å². The number of hydrogen-bond acceptors (Lipinski definition) is 3. The third-order valence-electron chi connectivity index (χ3n) is 3.51. The second-order valence-electron chi connectivity index (χ2n) is 4.95. The number of nitrogens with zero attached hydrogens (tertiary/aromatic N) is 1. The largest absolute Gasteiger partial charge is 0.417 e. The van der Waals surface area contributed by atoms with E-state index < -0.39 is 11.7 Å². The fraction of sp³-hybridized carbons (Fsp3) is 0.429. The second kappa shape index (κ2) is 5.35. The molecule has 0 bridgehead atoms. The van der Waals surface area contributed by atoms with E-state index in [-0.39, 0.29) is 0 Å². The van der Waals surface area contributed by atoms with Gasteiger partial charge in [-0.1, -0.05) is 6.07 Å². The first-order valence-corrected chi connectivity index (χ1v) is 7.37. The molecule has 1 saturated heterocycles. The van der Waals surface area contributed by atoms with Gasteiger partial charge in [-0.05, 0) is 18.2 Å². The van der Waals surface area contributed by atoms with Gasteiger partial charge in [-0.15, -0.1) is 11.3 Å². The minimum Gasteiger partial charge on any atom is -0.314 e. The van der Waals surface area contributed by atoms with Gasteiger partial charge in [0.15, 0.2) is 0 Å². The summed E-state index contributed by atoms with van der Waals surface area (Å²) in [5, 5.41) is 3.60. The second-order valence-corrected chi connectivity index (χ2v) is 6.12. The van der Waals surface area contributed by atoms with E-state index in [0.717, 1.165) is 43.7 Å². The average molecular weight is 300 g/mol. The van der Waals surface area contributed by atoms with Crippen molar-refractivity contribution in [2.45, 2.75) is 12.7 Å². The van der Waals surface area contributed by atoms with E-state index in [0.29, 0.717) is 10.1 Å². The summed E-state index contributed by atoms with van der Waals surface area (Å²) in [6, 6.07) is 6.10. The van der Waals surface area contributed by atoms with Crippen LogP contribution in [0.25, 0.3) is 10.1 Å². The van der Waals surface area contributed by atoms with Crippen molar-refractivity contribution in [3.05, 3.63) is 34.7 Å². The Morgan fingerprint density at radius 1 is 1.20 bits per heavy atom. The Morgan fingerprint density at radius 2 is 1.95 bits per heavy atom. The molecule has 0 saturated carbocycles. The van der Waals surface area contributed by atoms with Crippen LogP contribution in [0.5, 0.6) is 0 Å². The molecule has 2 heterocycles. The molecule has 0 unspecified atom stereocenters. The number of nitrogens with one attached hydrogen (secondary N) is 1. The first-order chi connectivity index (χ1) is 9.54. The topological polar surface area (TPSA) is 15.3 Å². The van der Waals surface area contributed by atoms with Gasteiger partial charge in [0.1, 0.15) is 0 Å². The van der Waals surface area contributed by atoms with Crippen molar-refractivity contribution in [2.24, 2.45) is 0 Å². The summed E-state index contributed by atoms with van der Waals surface area (Å²) in [6.07, 6.45) is -4.28. The van der Waals surface area contributed by atoms with Crippen LogP contribution >= 0.6 is 11.3 Å². The van der Waals surface area contributed by atoms with Crippen molar-refractivity contribution in [1.29, 1.82) is 0 Å². The van der Waals surface area contributed by atoms with E-state index in [1.54, 1.807) is 12.1 Å². The Kier molecular flexibility index (Phi) is 3.70. The SMILES string of the molecule is FC(F)(F)c1cccc2sc(CN3CCNCC3)cc12. The van der Waals surface area contributed by atoms with Crippen LogP contribution in [-0.2, 0) is 12.7 Å². The van der Waals surface area contributed by atoms with Crippen molar-refractivity contribution in [3.63, 3.8) is 0 Å². The van der Waals surface area contributed by atoms with Gasteiger partial charge >= 0.3 is 6.18 Å². The number of alkyl halides is 3. The Morgan fingerprint density at radius 3 is 2.65 bits per heavy atom. The number of halogens is 3. The summed E-state index contributed by atoms with van der Waals surface area (Å²) in [4.78, 5) is 3.27. The smallest absolute Gasteiger partial charge is 0.314 e. The Hall–Kier alpha value is -1.11. The number of fused-ring (bicyclic) bond motifs is 1. The molecule has 0 aliphatic carbocycles. The van der Waals surface area contributed by atoms with E-state index in [1.807, 2.05) is 0 Å². The maximum Gasteiger partial charge on any atom is 0.417 e. The first kappa shape index (κ1) is 13.9. The highest BCUT2D eigenvalue weighted by atomic mass is 32.1. The van der Waals surface area contributed by atoms with Crippen LogP contribution in [0.3, 0.4) is 0 Å². The van der Waals surface area contributed by atoms with Crippen LogP contribution in [0.1, 0.15) is 10.4 Å². The molecule has 108 valence electrons. The summed E-state index contributed by atoms with van der Waals surface area (Å²) >= 11 is 1.46. The van der Waals surface area contributed by atoms with Gasteiger partial charge < -0.3 is 5.32 Å². The predicted octanol–water partition coefficient (Wildman–Crippen LogP) is 3.33. The normalized spacial score (nSPS) is 17.8. The lowest BCUT2D eigenvalue weighted by molar-refractivity contribution is -0.136. The predicted molar refractivity (Wildman–Crippen MR) is 75.0 cm³/mol. The molecule has 1 aliphatic rings. The molecule has 2 nitrogen and oxygen atoms in total. The molecule has 3 rings (SSSR count). The quantitative estimate of drug-likeness (QED) is 0.915. The standard InChI is InChI=1S/C14H15F3N2S/c15-14(16,17)12-2-1-3-13-11(12)8-10(20-13)9-19-6-4-18-5-7-19/h1-3,8,18H,4-7,9H2. The molecule has 0 atom stereocenters. The highest BCUT2D eigenvalue weighted by Crippen LogP contribution is 2.38. The zero-order valence-corrected chi connectivity index (χ0v) is 11.7. The minimum absolute atomic E-state index is 0.329. The van der Waals surface area contributed by atoms with Gasteiger partial charge in [-0.25, -0.2) is 0 Å². The van der Waals surface area contributed by atoms with Crippen molar-refractivity contribution in [3.8, 4) is 0 Å². The van der Waals surface area contributed by atoms with Gasteiger partial charge in [-0.2, -0.15) is 13.2 Å². The third-order valence-corrected chi connectivity index (χ3v) is 4.59. The molecule has 0 amide bonds. The molecule has 1 N–H and O–H groups in total. The van der Waals surface area contributed by atoms with Crippen molar-refractivity contribution >= 4 is 21.4 Å². The van der Waals surface area contributed by atoms with Crippen LogP contribution in [-0.4, -0.2) is 31.1 Å². The molecule has 0 radical (unpaired) electrons. The summed E-state index contributed by atoms with van der Waals surface area (Å²) < 4.78 is 39.6. The monoisotopic (exact) mass is 300 g/mol. The van der Waals surface area contributed by atoms with E-state index in [1.165, 1.54) is 17.4 Å². The van der Waals surface area contributed by atoms with Crippen LogP contribution in [0.15, 0.2) is 24.3 Å². The zero-order valence-electron chi connectivity index (χ0n) is 10.8. The molecule has 1 fully saturated rings. The Bertz CT molecular complexity index is 600. The molecular weight excluding hydrogens is 285 g/mol. The highest BCUT2D eigenvalue weighted by Gasteiger charge is 2.32. The lowest BCUT2D eigenvalue weighted by atomic mass is 10.1. The van der Waals surface area contributed by atoms with Crippen LogP contribution in [0.2, 0.25) is 0 Å².